The second kappa shape index (κ2) is 4.31. The van der Waals surface area contributed by atoms with Gasteiger partial charge in [0.2, 0.25) is 0 Å². The molecule has 0 saturated carbocycles. The van der Waals surface area contributed by atoms with Crippen molar-refractivity contribution in [3.8, 4) is 5.75 Å². The first-order chi connectivity index (χ1) is 6.93. The molecule has 0 aliphatic rings. The van der Waals surface area contributed by atoms with Gasteiger partial charge in [-0.15, -0.1) is 6.58 Å². The van der Waals surface area contributed by atoms with Gasteiger partial charge < -0.3 is 16.6 Å². The first-order valence-electron chi connectivity index (χ1n) is 4.60. The summed E-state index contributed by atoms with van der Waals surface area (Å²) in [6.07, 6.45) is 0.526. The molecule has 0 aromatic heterocycles. The molecule has 0 fully saturated rings. The Kier molecular flexibility index (Phi) is 3.31. The number of rotatable bonds is 3. The zero-order chi connectivity index (χ0) is 11.6. The van der Waals surface area contributed by atoms with Crippen molar-refractivity contribution in [3.63, 3.8) is 0 Å². The van der Waals surface area contributed by atoms with E-state index in [1.807, 2.05) is 6.92 Å². The van der Waals surface area contributed by atoms with E-state index in [1.165, 1.54) is 12.1 Å². The van der Waals surface area contributed by atoms with Crippen molar-refractivity contribution < 1.29 is 9.50 Å². The molecule has 82 valence electrons. The molecule has 4 heteroatoms. The fourth-order valence-corrected chi connectivity index (χ4v) is 1.38. The van der Waals surface area contributed by atoms with Crippen LogP contribution in [0.25, 0.3) is 0 Å². The minimum atomic E-state index is -0.640. The summed E-state index contributed by atoms with van der Waals surface area (Å²) in [5.41, 5.74) is 12.2. The molecule has 1 aromatic rings. The fraction of sp³-hybridized carbons (Fsp3) is 0.273. The van der Waals surface area contributed by atoms with E-state index in [0.29, 0.717) is 12.0 Å². The standard InChI is InChI=1S/C11H15FN2O/c1-6(2)5-9(13)7-3-4-8(12)10(14)11(7)15/h3-4,9,15H,1,5,13-14H2,2H3/t9-/m1/s1. The Hall–Kier alpha value is -1.55. The third kappa shape index (κ3) is 2.47. The molecule has 5 N–H and O–H groups in total. The van der Waals surface area contributed by atoms with Crippen LogP contribution in [0.15, 0.2) is 24.3 Å². The summed E-state index contributed by atoms with van der Waals surface area (Å²) in [5.74, 6) is -0.914. The summed E-state index contributed by atoms with van der Waals surface area (Å²) < 4.78 is 12.9. The fourth-order valence-electron chi connectivity index (χ4n) is 1.38. The smallest absolute Gasteiger partial charge is 0.149 e. The summed E-state index contributed by atoms with van der Waals surface area (Å²) in [4.78, 5) is 0. The van der Waals surface area contributed by atoms with E-state index in [9.17, 15) is 9.50 Å². The van der Waals surface area contributed by atoms with Gasteiger partial charge in [-0.2, -0.15) is 0 Å². The average molecular weight is 210 g/mol. The zero-order valence-corrected chi connectivity index (χ0v) is 8.63. The highest BCUT2D eigenvalue weighted by Crippen LogP contribution is 2.32. The highest BCUT2D eigenvalue weighted by molar-refractivity contribution is 5.57. The van der Waals surface area contributed by atoms with Crippen LogP contribution in [0.1, 0.15) is 24.9 Å². The monoisotopic (exact) mass is 210 g/mol. The van der Waals surface area contributed by atoms with Crippen molar-refractivity contribution in [2.24, 2.45) is 5.73 Å². The number of phenolic OH excluding ortho intramolecular Hbond substituents is 1. The lowest BCUT2D eigenvalue weighted by molar-refractivity contribution is 0.458. The highest BCUT2D eigenvalue weighted by atomic mass is 19.1. The summed E-state index contributed by atoms with van der Waals surface area (Å²) in [5, 5.41) is 9.59. The Morgan fingerprint density at radius 1 is 1.60 bits per heavy atom. The lowest BCUT2D eigenvalue weighted by Gasteiger charge is -2.14. The van der Waals surface area contributed by atoms with Gasteiger partial charge in [-0.25, -0.2) is 4.39 Å². The third-order valence-electron chi connectivity index (χ3n) is 2.16. The lowest BCUT2D eigenvalue weighted by atomic mass is 9.99. The number of hydrogen-bond acceptors (Lipinski definition) is 3. The summed E-state index contributed by atoms with van der Waals surface area (Å²) >= 11 is 0. The Bertz CT molecular complexity index is 390. The molecule has 1 aromatic carbocycles. The number of hydrogen-bond donors (Lipinski definition) is 3. The first kappa shape index (κ1) is 11.5. The van der Waals surface area contributed by atoms with E-state index in [2.05, 4.69) is 6.58 Å². The number of anilines is 1. The van der Waals surface area contributed by atoms with Gasteiger partial charge in [-0.3, -0.25) is 0 Å². The molecule has 0 heterocycles. The number of phenols is 1. The first-order valence-corrected chi connectivity index (χ1v) is 4.60. The van der Waals surface area contributed by atoms with Crippen molar-refractivity contribution >= 4 is 5.69 Å². The second-order valence-corrected chi connectivity index (χ2v) is 3.67. The summed E-state index contributed by atoms with van der Waals surface area (Å²) in [6.45, 7) is 5.56. The quantitative estimate of drug-likeness (QED) is 0.406. The maximum Gasteiger partial charge on any atom is 0.149 e. The van der Waals surface area contributed by atoms with Crippen LogP contribution >= 0.6 is 0 Å². The van der Waals surface area contributed by atoms with E-state index in [0.717, 1.165) is 5.57 Å². The van der Waals surface area contributed by atoms with Crippen molar-refractivity contribution in [3.05, 3.63) is 35.7 Å². The predicted molar refractivity (Wildman–Crippen MR) is 58.8 cm³/mol. The largest absolute Gasteiger partial charge is 0.505 e. The SMILES string of the molecule is C=C(C)C[C@@H](N)c1ccc(F)c(N)c1O. The van der Waals surface area contributed by atoms with Gasteiger partial charge in [0, 0.05) is 11.6 Å². The van der Waals surface area contributed by atoms with Gasteiger partial charge in [-0.1, -0.05) is 11.6 Å². The van der Waals surface area contributed by atoms with Gasteiger partial charge >= 0.3 is 0 Å². The van der Waals surface area contributed by atoms with E-state index >= 15 is 0 Å². The average Bonchev–Trinajstić information content (AvgIpc) is 2.13. The number of nitrogens with two attached hydrogens (primary N) is 2. The number of benzene rings is 1. The zero-order valence-electron chi connectivity index (χ0n) is 8.63. The molecular weight excluding hydrogens is 195 g/mol. The molecule has 0 bridgehead atoms. The molecule has 3 nitrogen and oxygen atoms in total. The predicted octanol–water partition coefficient (Wildman–Crippen LogP) is 2.08. The van der Waals surface area contributed by atoms with Crippen molar-refractivity contribution in [1.29, 1.82) is 0 Å². The van der Waals surface area contributed by atoms with E-state index in [1.54, 1.807) is 0 Å². The minimum absolute atomic E-state index is 0.260. The topological polar surface area (TPSA) is 72.3 Å². The van der Waals surface area contributed by atoms with Gasteiger partial charge in [0.25, 0.3) is 0 Å². The summed E-state index contributed by atoms with van der Waals surface area (Å²) in [6, 6.07) is 2.22. The van der Waals surface area contributed by atoms with Gasteiger partial charge in [-0.05, 0) is 19.4 Å². The molecule has 0 aliphatic carbocycles. The molecule has 1 atom stereocenters. The highest BCUT2D eigenvalue weighted by Gasteiger charge is 2.15. The molecule has 0 saturated heterocycles. The van der Waals surface area contributed by atoms with Gasteiger partial charge in [0.05, 0.1) is 0 Å². The Morgan fingerprint density at radius 2 is 2.20 bits per heavy atom. The molecule has 0 amide bonds. The third-order valence-corrected chi connectivity index (χ3v) is 2.16. The Labute approximate surface area is 88.2 Å². The number of aromatic hydroxyl groups is 1. The molecule has 0 spiro atoms. The molecule has 0 unspecified atom stereocenters. The van der Waals surface area contributed by atoms with E-state index < -0.39 is 11.9 Å². The maximum atomic E-state index is 12.9. The molecule has 0 aliphatic heterocycles. The van der Waals surface area contributed by atoms with Crippen LogP contribution < -0.4 is 11.5 Å². The molecule has 0 radical (unpaired) electrons. The van der Waals surface area contributed by atoms with Crippen LogP contribution in [-0.2, 0) is 0 Å². The van der Waals surface area contributed by atoms with Crippen LogP contribution in [0.3, 0.4) is 0 Å². The van der Waals surface area contributed by atoms with Crippen LogP contribution in [0, 0.1) is 5.82 Å². The Balaban J connectivity index is 3.05. The lowest BCUT2D eigenvalue weighted by Crippen LogP contribution is -2.11. The maximum absolute atomic E-state index is 12.9. The van der Waals surface area contributed by atoms with Crippen molar-refractivity contribution in [1.82, 2.24) is 0 Å². The molecular formula is C11H15FN2O. The van der Waals surface area contributed by atoms with Crippen LogP contribution in [-0.4, -0.2) is 5.11 Å². The van der Waals surface area contributed by atoms with E-state index in [-0.39, 0.29) is 11.4 Å². The number of nitrogen functional groups attached to an aromatic ring is 1. The van der Waals surface area contributed by atoms with E-state index in [4.69, 9.17) is 11.5 Å². The molecule has 1 rings (SSSR count). The van der Waals surface area contributed by atoms with Crippen LogP contribution in [0.2, 0.25) is 0 Å². The van der Waals surface area contributed by atoms with Gasteiger partial charge in [0.1, 0.15) is 17.3 Å². The van der Waals surface area contributed by atoms with Crippen molar-refractivity contribution in [2.75, 3.05) is 5.73 Å². The van der Waals surface area contributed by atoms with Crippen molar-refractivity contribution in [2.45, 2.75) is 19.4 Å². The normalized spacial score (nSPS) is 12.5. The van der Waals surface area contributed by atoms with Gasteiger partial charge in [0.15, 0.2) is 0 Å². The van der Waals surface area contributed by atoms with Crippen LogP contribution in [0.5, 0.6) is 5.75 Å². The molecule has 15 heavy (non-hydrogen) atoms. The number of halogens is 1. The second-order valence-electron chi connectivity index (χ2n) is 3.67. The minimum Gasteiger partial charge on any atom is -0.505 e. The van der Waals surface area contributed by atoms with Crippen LogP contribution in [0.4, 0.5) is 10.1 Å². The summed E-state index contributed by atoms with van der Waals surface area (Å²) in [7, 11) is 0. The Morgan fingerprint density at radius 3 is 2.73 bits per heavy atom.